The van der Waals surface area contributed by atoms with E-state index in [2.05, 4.69) is 0 Å². The summed E-state index contributed by atoms with van der Waals surface area (Å²) in [5, 5.41) is 28.0. The Morgan fingerprint density at radius 1 is 1.40 bits per heavy atom. The number of non-ortho nitro benzene ring substituents is 1. The molecular formula is C9H7NO5. The summed E-state index contributed by atoms with van der Waals surface area (Å²) in [6.45, 7) is 0. The largest absolute Gasteiger partial charge is 0.507 e. The van der Waals surface area contributed by atoms with Crippen LogP contribution >= 0.6 is 0 Å². The number of aliphatic hydroxyl groups is 1. The van der Waals surface area contributed by atoms with Crippen LogP contribution in [0, 0.1) is 10.1 Å². The van der Waals surface area contributed by atoms with Gasteiger partial charge >= 0.3 is 5.97 Å². The third-order valence-corrected chi connectivity index (χ3v) is 1.61. The van der Waals surface area contributed by atoms with Crippen molar-refractivity contribution >= 4 is 17.4 Å². The number of aliphatic hydroxyl groups excluding tert-OH is 1. The summed E-state index contributed by atoms with van der Waals surface area (Å²) >= 11 is 0. The Morgan fingerprint density at radius 2 is 2.07 bits per heavy atom. The van der Waals surface area contributed by atoms with E-state index in [4.69, 9.17) is 5.11 Å². The van der Waals surface area contributed by atoms with Gasteiger partial charge in [-0.1, -0.05) is 12.1 Å². The molecule has 0 bridgehead atoms. The van der Waals surface area contributed by atoms with E-state index in [-0.39, 0.29) is 11.3 Å². The van der Waals surface area contributed by atoms with Crippen LogP contribution in [0.25, 0.3) is 5.76 Å². The Bertz CT molecular complexity index is 438. The molecule has 0 saturated heterocycles. The molecule has 0 heterocycles. The maximum Gasteiger partial charge on any atom is 0.332 e. The van der Waals surface area contributed by atoms with E-state index in [0.717, 1.165) is 6.07 Å². The fourth-order valence-electron chi connectivity index (χ4n) is 0.979. The summed E-state index contributed by atoms with van der Waals surface area (Å²) in [4.78, 5) is 20.0. The second kappa shape index (κ2) is 4.23. The molecule has 0 saturated carbocycles. The molecule has 0 spiro atoms. The predicted octanol–water partition coefficient (Wildman–Crippen LogP) is 1.58. The average Bonchev–Trinajstić information content (AvgIpc) is 2.17. The molecule has 0 amide bonds. The topological polar surface area (TPSA) is 101 Å². The van der Waals surface area contributed by atoms with E-state index in [9.17, 15) is 20.0 Å². The molecule has 1 aromatic rings. The van der Waals surface area contributed by atoms with Gasteiger partial charge in [0.1, 0.15) is 5.76 Å². The number of rotatable bonds is 3. The lowest BCUT2D eigenvalue weighted by molar-refractivity contribution is -0.384. The molecule has 15 heavy (non-hydrogen) atoms. The molecule has 2 N–H and O–H groups in total. The predicted molar refractivity (Wildman–Crippen MR) is 51.3 cm³/mol. The monoisotopic (exact) mass is 209 g/mol. The molecule has 0 aromatic heterocycles. The molecule has 0 fully saturated rings. The highest BCUT2D eigenvalue weighted by molar-refractivity contribution is 5.87. The van der Waals surface area contributed by atoms with Crippen LogP contribution in [-0.4, -0.2) is 21.1 Å². The molecule has 0 aliphatic carbocycles. The first-order chi connectivity index (χ1) is 7.00. The van der Waals surface area contributed by atoms with Crippen molar-refractivity contribution in [3.05, 3.63) is 46.0 Å². The van der Waals surface area contributed by atoms with Crippen LogP contribution in [0.3, 0.4) is 0 Å². The second-order valence-electron chi connectivity index (χ2n) is 2.68. The van der Waals surface area contributed by atoms with E-state index in [1.807, 2.05) is 0 Å². The van der Waals surface area contributed by atoms with Crippen LogP contribution in [0.15, 0.2) is 30.3 Å². The Balaban J connectivity index is 3.11. The molecule has 6 heteroatoms. The van der Waals surface area contributed by atoms with Gasteiger partial charge in [0.15, 0.2) is 0 Å². The number of nitro groups is 1. The fraction of sp³-hybridized carbons (Fsp3) is 0. The molecular weight excluding hydrogens is 202 g/mol. The lowest BCUT2D eigenvalue weighted by Crippen LogP contribution is -1.93. The van der Waals surface area contributed by atoms with Gasteiger partial charge in [0, 0.05) is 17.7 Å². The minimum absolute atomic E-state index is 0.0894. The maximum atomic E-state index is 10.4. The molecule has 78 valence electrons. The number of aliphatic carboxylic acids is 1. The van der Waals surface area contributed by atoms with Crippen molar-refractivity contribution < 1.29 is 19.9 Å². The van der Waals surface area contributed by atoms with E-state index in [1.54, 1.807) is 0 Å². The summed E-state index contributed by atoms with van der Waals surface area (Å²) in [7, 11) is 0. The minimum Gasteiger partial charge on any atom is -0.507 e. The normalized spacial score (nSPS) is 11.1. The van der Waals surface area contributed by atoms with Gasteiger partial charge in [0.25, 0.3) is 5.69 Å². The van der Waals surface area contributed by atoms with Gasteiger partial charge in [-0.3, -0.25) is 10.1 Å². The van der Waals surface area contributed by atoms with Gasteiger partial charge in [-0.15, -0.1) is 0 Å². The van der Waals surface area contributed by atoms with Crippen LogP contribution in [0.1, 0.15) is 5.56 Å². The highest BCUT2D eigenvalue weighted by atomic mass is 16.6. The van der Waals surface area contributed by atoms with Crippen molar-refractivity contribution in [2.45, 2.75) is 0 Å². The second-order valence-corrected chi connectivity index (χ2v) is 2.68. The molecule has 0 aliphatic rings. The first-order valence-electron chi connectivity index (χ1n) is 3.89. The highest BCUT2D eigenvalue weighted by Crippen LogP contribution is 2.18. The van der Waals surface area contributed by atoms with Gasteiger partial charge in [-0.2, -0.15) is 0 Å². The summed E-state index contributed by atoms with van der Waals surface area (Å²) in [6, 6.07) is 5.08. The van der Waals surface area contributed by atoms with Crippen LogP contribution in [0.4, 0.5) is 5.69 Å². The van der Waals surface area contributed by atoms with Crippen molar-refractivity contribution in [2.24, 2.45) is 0 Å². The molecule has 0 aliphatic heterocycles. The van der Waals surface area contributed by atoms with Gasteiger partial charge in [0.05, 0.1) is 11.0 Å². The zero-order valence-corrected chi connectivity index (χ0v) is 7.45. The summed E-state index contributed by atoms with van der Waals surface area (Å²) in [5.41, 5.74) is -0.121. The average molecular weight is 209 g/mol. The molecule has 1 rings (SSSR count). The lowest BCUT2D eigenvalue weighted by atomic mass is 10.1. The van der Waals surface area contributed by atoms with Crippen molar-refractivity contribution in [3.8, 4) is 0 Å². The van der Waals surface area contributed by atoms with Crippen molar-refractivity contribution in [1.82, 2.24) is 0 Å². The maximum absolute atomic E-state index is 10.4. The number of benzene rings is 1. The number of carboxylic acids is 1. The molecule has 0 atom stereocenters. The third-order valence-electron chi connectivity index (χ3n) is 1.61. The number of hydrogen-bond acceptors (Lipinski definition) is 4. The van der Waals surface area contributed by atoms with Crippen molar-refractivity contribution in [3.63, 3.8) is 0 Å². The first-order valence-corrected chi connectivity index (χ1v) is 3.89. The minimum atomic E-state index is -1.32. The van der Waals surface area contributed by atoms with Gasteiger partial charge in [-0.05, 0) is 0 Å². The number of nitro benzene ring substituents is 1. The molecule has 1 aromatic carbocycles. The number of nitrogens with zero attached hydrogens (tertiary/aromatic N) is 1. The van der Waals surface area contributed by atoms with Gasteiger partial charge in [-0.25, -0.2) is 4.79 Å². The van der Waals surface area contributed by atoms with Crippen molar-refractivity contribution in [2.75, 3.05) is 0 Å². The van der Waals surface area contributed by atoms with Crippen molar-refractivity contribution in [1.29, 1.82) is 0 Å². The van der Waals surface area contributed by atoms with E-state index >= 15 is 0 Å². The summed E-state index contributed by atoms with van der Waals surface area (Å²) in [6.07, 6.45) is 0.569. The molecule has 6 nitrogen and oxygen atoms in total. The van der Waals surface area contributed by atoms with E-state index < -0.39 is 16.7 Å². The number of hydrogen-bond donors (Lipinski definition) is 2. The number of carbonyl (C=O) groups is 1. The van der Waals surface area contributed by atoms with Crippen LogP contribution in [0.2, 0.25) is 0 Å². The van der Waals surface area contributed by atoms with Crippen LogP contribution in [0.5, 0.6) is 0 Å². The van der Waals surface area contributed by atoms with Gasteiger partial charge < -0.3 is 10.2 Å². The SMILES string of the molecule is O=C(O)/C=C(/O)c1cccc([N+](=O)[O-])c1. The van der Waals surface area contributed by atoms with Crippen LogP contribution < -0.4 is 0 Å². The smallest absolute Gasteiger partial charge is 0.332 e. The lowest BCUT2D eigenvalue weighted by Gasteiger charge is -1.98. The Kier molecular flexibility index (Phi) is 3.02. The number of carboxylic acid groups (broad SMARTS) is 1. The zero-order valence-electron chi connectivity index (χ0n) is 7.45. The zero-order chi connectivity index (χ0) is 11.4. The summed E-state index contributed by atoms with van der Waals surface area (Å²) in [5.74, 6) is -1.84. The highest BCUT2D eigenvalue weighted by Gasteiger charge is 2.08. The Hall–Kier alpha value is -2.37. The standard InChI is InChI=1S/C9H7NO5/c11-8(5-9(12)13)6-2-1-3-7(4-6)10(14)15/h1-5,11H,(H,12,13)/b8-5+. The third kappa shape index (κ3) is 2.80. The quantitative estimate of drug-likeness (QED) is 0.340. The van der Waals surface area contributed by atoms with E-state index in [0.29, 0.717) is 6.08 Å². The molecule has 0 radical (unpaired) electrons. The summed E-state index contributed by atoms with van der Waals surface area (Å²) < 4.78 is 0. The van der Waals surface area contributed by atoms with Crippen LogP contribution in [-0.2, 0) is 4.79 Å². The first kappa shape index (κ1) is 10.7. The fourth-order valence-corrected chi connectivity index (χ4v) is 0.979. The molecule has 0 unspecified atom stereocenters. The van der Waals surface area contributed by atoms with Gasteiger partial charge in [0.2, 0.25) is 0 Å². The Morgan fingerprint density at radius 3 is 2.60 bits per heavy atom. The van der Waals surface area contributed by atoms with E-state index in [1.165, 1.54) is 18.2 Å². The Labute approximate surface area is 84.2 Å².